The molecule has 0 unspecified atom stereocenters. The molecule has 0 spiro atoms. The van der Waals surface area contributed by atoms with Crippen LogP contribution in [0.4, 0.5) is 5.69 Å². The summed E-state index contributed by atoms with van der Waals surface area (Å²) in [4.78, 5) is 12.8. The summed E-state index contributed by atoms with van der Waals surface area (Å²) >= 11 is 0. The molecule has 4 nitrogen and oxygen atoms in total. The van der Waals surface area contributed by atoms with Crippen LogP contribution in [0.1, 0.15) is 31.4 Å². The Kier molecular flexibility index (Phi) is 4.93. The van der Waals surface area contributed by atoms with E-state index in [1.807, 2.05) is 61.5 Å². The SMILES string of the molecule is CCOc1ccccc1NC(=O)[C@H](NC1CC1)c1ccccc1. The maximum absolute atomic E-state index is 12.8. The topological polar surface area (TPSA) is 50.4 Å². The van der Waals surface area contributed by atoms with E-state index in [1.165, 1.54) is 0 Å². The fourth-order valence-corrected chi connectivity index (χ4v) is 2.51. The van der Waals surface area contributed by atoms with Gasteiger partial charge in [-0.15, -0.1) is 0 Å². The van der Waals surface area contributed by atoms with Gasteiger partial charge in [-0.3, -0.25) is 10.1 Å². The van der Waals surface area contributed by atoms with Crippen LogP contribution in [-0.2, 0) is 4.79 Å². The zero-order chi connectivity index (χ0) is 16.1. The minimum atomic E-state index is -0.349. The second kappa shape index (κ2) is 7.29. The number of anilines is 1. The van der Waals surface area contributed by atoms with Crippen LogP contribution < -0.4 is 15.4 Å². The summed E-state index contributed by atoms with van der Waals surface area (Å²) in [6.45, 7) is 2.50. The molecule has 1 amide bonds. The third-order valence-electron chi connectivity index (χ3n) is 3.82. The van der Waals surface area contributed by atoms with Gasteiger partial charge in [-0.05, 0) is 37.5 Å². The quantitative estimate of drug-likeness (QED) is 0.822. The van der Waals surface area contributed by atoms with Crippen LogP contribution in [0.2, 0.25) is 0 Å². The van der Waals surface area contributed by atoms with Gasteiger partial charge >= 0.3 is 0 Å². The van der Waals surface area contributed by atoms with Gasteiger partial charge in [-0.1, -0.05) is 42.5 Å². The van der Waals surface area contributed by atoms with E-state index in [1.54, 1.807) is 0 Å². The first kappa shape index (κ1) is 15.6. The van der Waals surface area contributed by atoms with E-state index in [0.717, 1.165) is 18.4 Å². The van der Waals surface area contributed by atoms with Gasteiger partial charge in [0.1, 0.15) is 11.8 Å². The van der Waals surface area contributed by atoms with Crippen molar-refractivity contribution in [3.05, 3.63) is 60.2 Å². The van der Waals surface area contributed by atoms with E-state index >= 15 is 0 Å². The van der Waals surface area contributed by atoms with Crippen molar-refractivity contribution in [2.75, 3.05) is 11.9 Å². The molecule has 1 aliphatic carbocycles. The number of hydrogen-bond acceptors (Lipinski definition) is 3. The Labute approximate surface area is 136 Å². The van der Waals surface area contributed by atoms with E-state index in [4.69, 9.17) is 4.74 Å². The Morgan fingerprint density at radius 1 is 1.13 bits per heavy atom. The molecule has 2 aromatic rings. The average Bonchev–Trinajstić information content (AvgIpc) is 3.39. The predicted octanol–water partition coefficient (Wildman–Crippen LogP) is 3.52. The average molecular weight is 310 g/mol. The molecule has 1 aliphatic rings. The highest BCUT2D eigenvalue weighted by atomic mass is 16.5. The number of hydrogen-bond donors (Lipinski definition) is 2. The van der Waals surface area contributed by atoms with Crippen LogP contribution in [0, 0.1) is 0 Å². The number of carbonyl (C=O) groups is 1. The lowest BCUT2D eigenvalue weighted by molar-refractivity contribution is -0.118. The molecule has 2 N–H and O–H groups in total. The van der Waals surface area contributed by atoms with Crippen molar-refractivity contribution in [2.45, 2.75) is 31.8 Å². The second-order valence-corrected chi connectivity index (χ2v) is 5.70. The molecule has 1 atom stereocenters. The van der Waals surface area contributed by atoms with Gasteiger partial charge in [-0.25, -0.2) is 0 Å². The van der Waals surface area contributed by atoms with E-state index in [9.17, 15) is 4.79 Å². The molecule has 4 heteroatoms. The molecule has 0 aliphatic heterocycles. The lowest BCUT2D eigenvalue weighted by Gasteiger charge is -2.19. The van der Waals surface area contributed by atoms with Crippen molar-refractivity contribution in [3.8, 4) is 5.75 Å². The van der Waals surface area contributed by atoms with E-state index in [0.29, 0.717) is 24.1 Å². The third kappa shape index (κ3) is 4.11. The van der Waals surface area contributed by atoms with Crippen LogP contribution in [0.5, 0.6) is 5.75 Å². The summed E-state index contributed by atoms with van der Waals surface area (Å²) in [5.74, 6) is 0.636. The number of nitrogens with one attached hydrogen (secondary N) is 2. The summed E-state index contributed by atoms with van der Waals surface area (Å²) < 4.78 is 5.58. The number of rotatable bonds is 7. The molecule has 0 saturated heterocycles. The van der Waals surface area contributed by atoms with Crippen molar-refractivity contribution in [1.29, 1.82) is 0 Å². The van der Waals surface area contributed by atoms with Crippen molar-refractivity contribution >= 4 is 11.6 Å². The molecular formula is C19H22N2O2. The van der Waals surface area contributed by atoms with E-state index < -0.39 is 0 Å². The first-order valence-corrected chi connectivity index (χ1v) is 8.11. The summed E-state index contributed by atoms with van der Waals surface area (Å²) in [5, 5.41) is 6.43. The Balaban J connectivity index is 1.78. The molecular weight excluding hydrogens is 288 g/mol. The molecule has 0 radical (unpaired) electrons. The fourth-order valence-electron chi connectivity index (χ4n) is 2.51. The maximum atomic E-state index is 12.8. The number of amides is 1. The second-order valence-electron chi connectivity index (χ2n) is 5.70. The molecule has 23 heavy (non-hydrogen) atoms. The monoisotopic (exact) mass is 310 g/mol. The van der Waals surface area contributed by atoms with Gasteiger partial charge in [0.25, 0.3) is 0 Å². The molecule has 3 rings (SSSR count). The van der Waals surface area contributed by atoms with Crippen molar-refractivity contribution in [3.63, 3.8) is 0 Å². The largest absolute Gasteiger partial charge is 0.492 e. The molecule has 0 aromatic heterocycles. The van der Waals surface area contributed by atoms with E-state index in [-0.39, 0.29) is 11.9 Å². The minimum Gasteiger partial charge on any atom is -0.492 e. The van der Waals surface area contributed by atoms with Crippen LogP contribution in [0.3, 0.4) is 0 Å². The number of benzene rings is 2. The Bertz CT molecular complexity index is 653. The van der Waals surface area contributed by atoms with Crippen LogP contribution >= 0.6 is 0 Å². The third-order valence-corrected chi connectivity index (χ3v) is 3.82. The minimum absolute atomic E-state index is 0.0600. The first-order valence-electron chi connectivity index (χ1n) is 8.11. The molecule has 0 heterocycles. The normalized spacial score (nSPS) is 15.0. The smallest absolute Gasteiger partial charge is 0.246 e. The molecule has 120 valence electrons. The van der Waals surface area contributed by atoms with Crippen molar-refractivity contribution in [1.82, 2.24) is 5.32 Å². The molecule has 1 saturated carbocycles. The maximum Gasteiger partial charge on any atom is 0.246 e. The van der Waals surface area contributed by atoms with Gasteiger partial charge in [-0.2, -0.15) is 0 Å². The highest BCUT2D eigenvalue weighted by Gasteiger charge is 2.29. The highest BCUT2D eigenvalue weighted by molar-refractivity contribution is 5.96. The van der Waals surface area contributed by atoms with Gasteiger partial charge in [0.2, 0.25) is 5.91 Å². The number of carbonyl (C=O) groups excluding carboxylic acids is 1. The summed E-state index contributed by atoms with van der Waals surface area (Å²) in [6, 6.07) is 17.4. The Hall–Kier alpha value is -2.33. The van der Waals surface area contributed by atoms with Crippen LogP contribution in [-0.4, -0.2) is 18.6 Å². The first-order chi connectivity index (χ1) is 11.3. The summed E-state index contributed by atoms with van der Waals surface area (Å²) in [7, 11) is 0. The number of para-hydroxylation sites is 2. The van der Waals surface area contributed by atoms with Gasteiger partial charge in [0, 0.05) is 6.04 Å². The lowest BCUT2D eigenvalue weighted by Crippen LogP contribution is -2.34. The summed E-state index contributed by atoms with van der Waals surface area (Å²) in [5.41, 5.74) is 1.68. The van der Waals surface area contributed by atoms with Gasteiger partial charge in [0.05, 0.1) is 12.3 Å². The predicted molar refractivity (Wildman–Crippen MR) is 91.6 cm³/mol. The zero-order valence-electron chi connectivity index (χ0n) is 13.3. The molecule has 2 aromatic carbocycles. The van der Waals surface area contributed by atoms with Gasteiger partial charge in [0.15, 0.2) is 0 Å². The zero-order valence-corrected chi connectivity index (χ0v) is 13.3. The molecule has 1 fully saturated rings. The van der Waals surface area contributed by atoms with Crippen molar-refractivity contribution < 1.29 is 9.53 Å². The lowest BCUT2D eigenvalue weighted by atomic mass is 10.1. The fraction of sp³-hybridized carbons (Fsp3) is 0.316. The number of ether oxygens (including phenoxy) is 1. The van der Waals surface area contributed by atoms with Crippen LogP contribution in [0.25, 0.3) is 0 Å². The van der Waals surface area contributed by atoms with Crippen molar-refractivity contribution in [2.24, 2.45) is 0 Å². The summed E-state index contributed by atoms with van der Waals surface area (Å²) in [6.07, 6.45) is 2.26. The van der Waals surface area contributed by atoms with Gasteiger partial charge < -0.3 is 10.1 Å². The standard InChI is InChI=1S/C19H22N2O2/c1-2-23-17-11-7-6-10-16(17)21-19(22)18(20-15-12-13-15)14-8-4-3-5-9-14/h3-11,15,18,20H,2,12-13H2,1H3,(H,21,22)/t18-/m1/s1. The Morgan fingerprint density at radius 2 is 1.83 bits per heavy atom. The van der Waals surface area contributed by atoms with Crippen LogP contribution in [0.15, 0.2) is 54.6 Å². The van der Waals surface area contributed by atoms with E-state index in [2.05, 4.69) is 10.6 Å². The highest BCUT2D eigenvalue weighted by Crippen LogP contribution is 2.28. The molecule has 0 bridgehead atoms. The Morgan fingerprint density at radius 3 is 2.52 bits per heavy atom.